The van der Waals surface area contributed by atoms with Gasteiger partial charge in [-0.05, 0) is 19.9 Å². The van der Waals surface area contributed by atoms with Crippen LogP contribution in [0.3, 0.4) is 0 Å². The van der Waals surface area contributed by atoms with Crippen LogP contribution in [0.1, 0.15) is 19.8 Å². The minimum absolute atomic E-state index is 0.0609. The number of amides is 1. The first-order chi connectivity index (χ1) is 7.07. The Kier molecular flexibility index (Phi) is 4.08. The summed E-state index contributed by atoms with van der Waals surface area (Å²) in [6, 6.07) is -0.614. The van der Waals surface area contributed by atoms with Gasteiger partial charge in [0.2, 0.25) is 5.91 Å². The monoisotopic (exact) mass is 214 g/mol. The molecule has 2 N–H and O–H groups in total. The predicted octanol–water partition coefficient (Wildman–Crippen LogP) is -0.0825. The van der Waals surface area contributed by atoms with Crippen molar-refractivity contribution in [1.29, 1.82) is 0 Å². The summed E-state index contributed by atoms with van der Waals surface area (Å²) in [5.41, 5.74) is 0. The van der Waals surface area contributed by atoms with Gasteiger partial charge in [0.05, 0.1) is 0 Å². The summed E-state index contributed by atoms with van der Waals surface area (Å²) in [5, 5.41) is 11.9. The Labute approximate surface area is 89.4 Å². The van der Waals surface area contributed by atoms with Crippen LogP contribution in [0.2, 0.25) is 0 Å². The topological polar surface area (TPSA) is 69.6 Å². The average molecular weight is 214 g/mol. The molecule has 1 heterocycles. The molecule has 0 aromatic heterocycles. The standard InChI is InChI=1S/C10H18N2O3/c1-7(6-11-2)9(13)12-5-3-4-8(12)10(14)15/h7-8,11H,3-6H2,1-2H3,(H,14,15). The Hall–Kier alpha value is -1.10. The second kappa shape index (κ2) is 5.11. The molecule has 1 amide bonds. The van der Waals surface area contributed by atoms with Gasteiger partial charge >= 0.3 is 5.97 Å². The first-order valence-corrected chi connectivity index (χ1v) is 5.25. The van der Waals surface area contributed by atoms with Gasteiger partial charge in [-0.3, -0.25) is 4.79 Å². The highest BCUT2D eigenvalue weighted by atomic mass is 16.4. The van der Waals surface area contributed by atoms with Gasteiger partial charge in [-0.25, -0.2) is 4.79 Å². The molecule has 5 nitrogen and oxygen atoms in total. The molecule has 2 atom stereocenters. The number of carboxylic acid groups (broad SMARTS) is 1. The van der Waals surface area contributed by atoms with Crippen LogP contribution < -0.4 is 5.32 Å². The van der Waals surface area contributed by atoms with Crippen molar-refractivity contribution in [2.24, 2.45) is 5.92 Å². The number of carboxylic acids is 1. The lowest BCUT2D eigenvalue weighted by Gasteiger charge is -2.24. The highest BCUT2D eigenvalue weighted by Crippen LogP contribution is 2.19. The zero-order valence-electron chi connectivity index (χ0n) is 9.19. The van der Waals surface area contributed by atoms with Gasteiger partial charge in [0.15, 0.2) is 0 Å². The molecule has 0 bridgehead atoms. The van der Waals surface area contributed by atoms with E-state index in [9.17, 15) is 9.59 Å². The Morgan fingerprint density at radius 3 is 2.80 bits per heavy atom. The third-order valence-electron chi connectivity index (χ3n) is 2.75. The normalized spacial score (nSPS) is 22.8. The maximum atomic E-state index is 11.9. The van der Waals surface area contributed by atoms with Gasteiger partial charge in [-0.15, -0.1) is 0 Å². The molecular weight excluding hydrogens is 196 g/mol. The van der Waals surface area contributed by atoms with E-state index in [-0.39, 0.29) is 11.8 Å². The van der Waals surface area contributed by atoms with Crippen molar-refractivity contribution in [3.63, 3.8) is 0 Å². The Morgan fingerprint density at radius 1 is 1.60 bits per heavy atom. The highest BCUT2D eigenvalue weighted by molar-refractivity contribution is 5.85. The first-order valence-electron chi connectivity index (χ1n) is 5.25. The van der Waals surface area contributed by atoms with Crippen molar-refractivity contribution in [1.82, 2.24) is 10.2 Å². The van der Waals surface area contributed by atoms with Gasteiger partial charge in [-0.1, -0.05) is 6.92 Å². The van der Waals surface area contributed by atoms with Gasteiger partial charge in [0.1, 0.15) is 6.04 Å². The summed E-state index contributed by atoms with van der Waals surface area (Å²) >= 11 is 0. The van der Waals surface area contributed by atoms with E-state index in [0.29, 0.717) is 19.5 Å². The quantitative estimate of drug-likeness (QED) is 0.686. The van der Waals surface area contributed by atoms with E-state index in [2.05, 4.69) is 5.32 Å². The minimum atomic E-state index is -0.891. The van der Waals surface area contributed by atoms with Crippen LogP contribution in [0.15, 0.2) is 0 Å². The number of likely N-dealkylation sites (tertiary alicyclic amines) is 1. The van der Waals surface area contributed by atoms with Crippen molar-refractivity contribution in [3.05, 3.63) is 0 Å². The first kappa shape index (κ1) is 12.0. The second-order valence-electron chi connectivity index (χ2n) is 3.99. The molecule has 1 aliphatic rings. The van der Waals surface area contributed by atoms with Crippen LogP contribution in [0, 0.1) is 5.92 Å². The van der Waals surface area contributed by atoms with Crippen molar-refractivity contribution < 1.29 is 14.7 Å². The molecule has 86 valence electrons. The predicted molar refractivity (Wildman–Crippen MR) is 55.5 cm³/mol. The minimum Gasteiger partial charge on any atom is -0.480 e. The fraction of sp³-hybridized carbons (Fsp3) is 0.800. The summed E-state index contributed by atoms with van der Waals surface area (Å²) in [6.45, 7) is 2.97. The molecule has 1 saturated heterocycles. The van der Waals surface area contributed by atoms with E-state index in [4.69, 9.17) is 5.11 Å². The number of carbonyl (C=O) groups excluding carboxylic acids is 1. The molecule has 0 spiro atoms. The summed E-state index contributed by atoms with van der Waals surface area (Å²) in [6.07, 6.45) is 1.36. The van der Waals surface area contributed by atoms with Crippen LogP contribution in [-0.2, 0) is 9.59 Å². The number of hydrogen-bond donors (Lipinski definition) is 2. The summed E-state index contributed by atoms with van der Waals surface area (Å²) in [7, 11) is 1.78. The summed E-state index contributed by atoms with van der Waals surface area (Å²) in [5.74, 6) is -1.11. The molecule has 0 radical (unpaired) electrons. The van der Waals surface area contributed by atoms with E-state index in [1.165, 1.54) is 4.90 Å². The van der Waals surface area contributed by atoms with E-state index in [1.54, 1.807) is 7.05 Å². The molecule has 0 aromatic carbocycles. The lowest BCUT2D eigenvalue weighted by atomic mass is 10.1. The van der Waals surface area contributed by atoms with Gasteiger partial charge < -0.3 is 15.3 Å². The maximum Gasteiger partial charge on any atom is 0.326 e. The smallest absolute Gasteiger partial charge is 0.326 e. The van der Waals surface area contributed by atoms with E-state index in [1.807, 2.05) is 6.92 Å². The van der Waals surface area contributed by atoms with Crippen molar-refractivity contribution in [2.75, 3.05) is 20.1 Å². The number of aliphatic carboxylic acids is 1. The van der Waals surface area contributed by atoms with E-state index < -0.39 is 12.0 Å². The van der Waals surface area contributed by atoms with E-state index >= 15 is 0 Å². The number of carbonyl (C=O) groups is 2. The number of nitrogens with one attached hydrogen (secondary N) is 1. The largest absolute Gasteiger partial charge is 0.480 e. The molecule has 0 aliphatic carbocycles. The van der Waals surface area contributed by atoms with Crippen molar-refractivity contribution in [3.8, 4) is 0 Å². The van der Waals surface area contributed by atoms with Gasteiger partial charge in [-0.2, -0.15) is 0 Å². The van der Waals surface area contributed by atoms with E-state index in [0.717, 1.165) is 6.42 Å². The second-order valence-corrected chi connectivity index (χ2v) is 3.99. The molecule has 0 saturated carbocycles. The average Bonchev–Trinajstić information content (AvgIpc) is 2.65. The Balaban J connectivity index is 2.62. The van der Waals surface area contributed by atoms with Gasteiger partial charge in [0.25, 0.3) is 0 Å². The third-order valence-corrected chi connectivity index (χ3v) is 2.75. The maximum absolute atomic E-state index is 11.9. The number of hydrogen-bond acceptors (Lipinski definition) is 3. The zero-order valence-corrected chi connectivity index (χ0v) is 9.19. The SMILES string of the molecule is CNCC(C)C(=O)N1CCCC1C(=O)O. The lowest BCUT2D eigenvalue weighted by Crippen LogP contribution is -2.44. The third kappa shape index (κ3) is 2.68. The molecule has 1 aliphatic heterocycles. The Morgan fingerprint density at radius 2 is 2.27 bits per heavy atom. The molecule has 5 heteroatoms. The van der Waals surface area contributed by atoms with Gasteiger partial charge in [0, 0.05) is 19.0 Å². The number of nitrogens with zero attached hydrogens (tertiary/aromatic N) is 1. The molecular formula is C10H18N2O3. The molecule has 1 rings (SSSR count). The van der Waals surface area contributed by atoms with Crippen molar-refractivity contribution >= 4 is 11.9 Å². The van der Waals surface area contributed by atoms with Crippen LogP contribution >= 0.6 is 0 Å². The summed E-state index contributed by atoms with van der Waals surface area (Å²) < 4.78 is 0. The zero-order chi connectivity index (χ0) is 11.4. The summed E-state index contributed by atoms with van der Waals surface area (Å²) in [4.78, 5) is 24.3. The molecule has 15 heavy (non-hydrogen) atoms. The molecule has 2 unspecified atom stereocenters. The fourth-order valence-corrected chi connectivity index (χ4v) is 1.96. The van der Waals surface area contributed by atoms with Crippen molar-refractivity contribution in [2.45, 2.75) is 25.8 Å². The van der Waals surface area contributed by atoms with Crippen LogP contribution in [0.25, 0.3) is 0 Å². The Bertz CT molecular complexity index is 255. The lowest BCUT2D eigenvalue weighted by molar-refractivity contribution is -0.149. The molecule has 1 fully saturated rings. The van der Waals surface area contributed by atoms with Crippen LogP contribution in [-0.4, -0.2) is 48.1 Å². The van der Waals surface area contributed by atoms with Crippen LogP contribution in [0.4, 0.5) is 0 Å². The number of rotatable bonds is 4. The highest BCUT2D eigenvalue weighted by Gasteiger charge is 2.35. The fourth-order valence-electron chi connectivity index (χ4n) is 1.96. The molecule has 0 aromatic rings. The van der Waals surface area contributed by atoms with Crippen LogP contribution in [0.5, 0.6) is 0 Å².